The topological polar surface area (TPSA) is 56.5 Å². The molecule has 0 aliphatic heterocycles. The van der Waals surface area contributed by atoms with E-state index in [2.05, 4.69) is 5.32 Å². The number of rotatable bonds is 6. The third-order valence-corrected chi connectivity index (χ3v) is 3.10. The number of ether oxygens (including phenoxy) is 2. The number of anilines is 2. The van der Waals surface area contributed by atoms with Gasteiger partial charge in [-0.15, -0.1) is 0 Å². The molecule has 4 heteroatoms. The van der Waals surface area contributed by atoms with Crippen LogP contribution in [0.2, 0.25) is 0 Å². The van der Waals surface area contributed by atoms with E-state index in [9.17, 15) is 0 Å². The molecule has 0 aliphatic carbocycles. The van der Waals surface area contributed by atoms with E-state index in [1.54, 1.807) is 14.2 Å². The molecule has 0 heterocycles. The Hall–Kier alpha value is -2.36. The maximum Gasteiger partial charge on any atom is 0.160 e. The molecule has 0 fully saturated rings. The molecule has 0 spiro atoms. The van der Waals surface area contributed by atoms with E-state index in [0.717, 1.165) is 35.8 Å². The van der Waals surface area contributed by atoms with Crippen LogP contribution in [0.3, 0.4) is 0 Å². The summed E-state index contributed by atoms with van der Waals surface area (Å²) in [5, 5.41) is 3.36. The van der Waals surface area contributed by atoms with Gasteiger partial charge in [0, 0.05) is 17.9 Å². The standard InChI is InChI=1S/C16H20N2O2/c1-19-15-8-3-12(11-16(15)20-2)9-10-18-14-6-4-13(17)5-7-14/h3-8,11,18H,9-10,17H2,1-2H3. The van der Waals surface area contributed by atoms with Crippen molar-refractivity contribution < 1.29 is 9.47 Å². The Morgan fingerprint density at radius 1 is 0.950 bits per heavy atom. The zero-order valence-corrected chi connectivity index (χ0v) is 11.8. The zero-order valence-electron chi connectivity index (χ0n) is 11.8. The molecule has 0 saturated carbocycles. The minimum Gasteiger partial charge on any atom is -0.493 e. The molecule has 4 nitrogen and oxygen atoms in total. The highest BCUT2D eigenvalue weighted by Gasteiger charge is 2.04. The van der Waals surface area contributed by atoms with Gasteiger partial charge in [-0.1, -0.05) is 6.07 Å². The summed E-state index contributed by atoms with van der Waals surface area (Å²) in [7, 11) is 3.29. The smallest absolute Gasteiger partial charge is 0.160 e. The van der Waals surface area contributed by atoms with Crippen LogP contribution < -0.4 is 20.5 Å². The van der Waals surface area contributed by atoms with Crippen molar-refractivity contribution in [3.05, 3.63) is 48.0 Å². The van der Waals surface area contributed by atoms with Gasteiger partial charge in [-0.2, -0.15) is 0 Å². The second-order valence-corrected chi connectivity index (χ2v) is 4.49. The summed E-state index contributed by atoms with van der Waals surface area (Å²) in [4.78, 5) is 0. The number of benzene rings is 2. The Labute approximate surface area is 119 Å². The molecule has 2 rings (SSSR count). The maximum absolute atomic E-state index is 5.65. The molecule has 0 bridgehead atoms. The molecule has 0 amide bonds. The van der Waals surface area contributed by atoms with Crippen molar-refractivity contribution in [3.63, 3.8) is 0 Å². The molecule has 0 aliphatic rings. The van der Waals surface area contributed by atoms with E-state index in [-0.39, 0.29) is 0 Å². The molecule has 0 aromatic heterocycles. The van der Waals surface area contributed by atoms with E-state index >= 15 is 0 Å². The van der Waals surface area contributed by atoms with Crippen molar-refractivity contribution in [1.29, 1.82) is 0 Å². The summed E-state index contributed by atoms with van der Waals surface area (Å²) in [5.41, 5.74) is 8.69. The van der Waals surface area contributed by atoms with Crippen LogP contribution in [0.4, 0.5) is 11.4 Å². The van der Waals surface area contributed by atoms with Gasteiger partial charge in [0.15, 0.2) is 11.5 Å². The van der Waals surface area contributed by atoms with Crippen LogP contribution in [0.1, 0.15) is 5.56 Å². The van der Waals surface area contributed by atoms with Crippen molar-refractivity contribution in [2.24, 2.45) is 0 Å². The highest BCUT2D eigenvalue weighted by molar-refractivity contribution is 5.51. The number of hydrogen-bond donors (Lipinski definition) is 2. The average Bonchev–Trinajstić information content (AvgIpc) is 2.49. The molecule has 106 valence electrons. The number of hydrogen-bond acceptors (Lipinski definition) is 4. The summed E-state index contributed by atoms with van der Waals surface area (Å²) < 4.78 is 10.5. The molecular weight excluding hydrogens is 252 g/mol. The van der Waals surface area contributed by atoms with Gasteiger partial charge >= 0.3 is 0 Å². The summed E-state index contributed by atoms with van der Waals surface area (Å²) in [6, 6.07) is 13.7. The second kappa shape index (κ2) is 6.70. The largest absolute Gasteiger partial charge is 0.493 e. The van der Waals surface area contributed by atoms with Crippen LogP contribution in [0.5, 0.6) is 11.5 Å². The Morgan fingerprint density at radius 2 is 1.65 bits per heavy atom. The van der Waals surface area contributed by atoms with Gasteiger partial charge in [0.1, 0.15) is 0 Å². The predicted molar refractivity (Wildman–Crippen MR) is 82.6 cm³/mol. The van der Waals surface area contributed by atoms with Crippen molar-refractivity contribution in [2.45, 2.75) is 6.42 Å². The SMILES string of the molecule is COc1ccc(CCNc2ccc(N)cc2)cc1OC. The molecule has 0 radical (unpaired) electrons. The van der Waals surface area contributed by atoms with E-state index in [1.165, 1.54) is 5.56 Å². The minimum atomic E-state index is 0.753. The van der Waals surface area contributed by atoms with Crippen LogP contribution in [0.25, 0.3) is 0 Å². The van der Waals surface area contributed by atoms with Crippen LogP contribution in [-0.2, 0) is 6.42 Å². The van der Waals surface area contributed by atoms with Crippen LogP contribution in [0, 0.1) is 0 Å². The summed E-state index contributed by atoms with van der Waals surface area (Å²) in [6.07, 6.45) is 0.907. The van der Waals surface area contributed by atoms with Gasteiger partial charge in [-0.3, -0.25) is 0 Å². The quantitative estimate of drug-likeness (QED) is 0.794. The first-order valence-electron chi connectivity index (χ1n) is 6.53. The Bertz CT molecular complexity index is 553. The third kappa shape index (κ3) is 3.57. The molecule has 2 aromatic rings. The fraction of sp³-hybridized carbons (Fsp3) is 0.250. The highest BCUT2D eigenvalue weighted by atomic mass is 16.5. The fourth-order valence-corrected chi connectivity index (χ4v) is 1.99. The summed E-state index contributed by atoms with van der Waals surface area (Å²) in [6.45, 7) is 0.847. The van der Waals surface area contributed by atoms with E-state index < -0.39 is 0 Å². The number of nitrogen functional groups attached to an aromatic ring is 1. The summed E-state index contributed by atoms with van der Waals surface area (Å²) >= 11 is 0. The zero-order chi connectivity index (χ0) is 14.4. The highest BCUT2D eigenvalue weighted by Crippen LogP contribution is 2.27. The molecule has 3 N–H and O–H groups in total. The van der Waals surface area contributed by atoms with Gasteiger partial charge < -0.3 is 20.5 Å². The van der Waals surface area contributed by atoms with Gasteiger partial charge in [0.2, 0.25) is 0 Å². The number of nitrogens with two attached hydrogens (primary N) is 1. The molecular formula is C16H20N2O2. The lowest BCUT2D eigenvalue weighted by atomic mass is 10.1. The third-order valence-electron chi connectivity index (χ3n) is 3.10. The summed E-state index contributed by atoms with van der Waals surface area (Å²) in [5.74, 6) is 1.51. The Morgan fingerprint density at radius 3 is 2.30 bits per heavy atom. The number of methoxy groups -OCH3 is 2. The van der Waals surface area contributed by atoms with Gasteiger partial charge in [0.05, 0.1) is 14.2 Å². The Kier molecular flexibility index (Phi) is 4.71. The molecule has 2 aromatic carbocycles. The first-order chi connectivity index (χ1) is 9.72. The molecule has 0 saturated heterocycles. The molecule has 20 heavy (non-hydrogen) atoms. The van der Waals surface area contributed by atoms with Gasteiger partial charge in [-0.25, -0.2) is 0 Å². The second-order valence-electron chi connectivity index (χ2n) is 4.49. The first-order valence-corrected chi connectivity index (χ1v) is 6.53. The Balaban J connectivity index is 1.92. The van der Waals surface area contributed by atoms with Gasteiger partial charge in [-0.05, 0) is 48.4 Å². The lowest BCUT2D eigenvalue weighted by Crippen LogP contribution is -2.05. The monoisotopic (exact) mass is 272 g/mol. The van der Waals surface area contributed by atoms with E-state index in [1.807, 2.05) is 42.5 Å². The van der Waals surface area contributed by atoms with E-state index in [4.69, 9.17) is 15.2 Å². The van der Waals surface area contributed by atoms with Crippen LogP contribution >= 0.6 is 0 Å². The van der Waals surface area contributed by atoms with Crippen LogP contribution in [-0.4, -0.2) is 20.8 Å². The van der Waals surface area contributed by atoms with Crippen molar-refractivity contribution in [1.82, 2.24) is 0 Å². The average molecular weight is 272 g/mol. The van der Waals surface area contributed by atoms with Crippen molar-refractivity contribution >= 4 is 11.4 Å². The molecule has 0 atom stereocenters. The maximum atomic E-state index is 5.65. The minimum absolute atomic E-state index is 0.753. The molecule has 0 unspecified atom stereocenters. The van der Waals surface area contributed by atoms with Crippen molar-refractivity contribution in [3.8, 4) is 11.5 Å². The van der Waals surface area contributed by atoms with Gasteiger partial charge in [0.25, 0.3) is 0 Å². The lowest BCUT2D eigenvalue weighted by molar-refractivity contribution is 0.354. The predicted octanol–water partition coefficient (Wildman–Crippen LogP) is 2.94. The lowest BCUT2D eigenvalue weighted by Gasteiger charge is -2.10. The number of nitrogens with one attached hydrogen (secondary N) is 1. The van der Waals surface area contributed by atoms with E-state index in [0.29, 0.717) is 0 Å². The normalized spacial score (nSPS) is 10.1. The fourth-order valence-electron chi connectivity index (χ4n) is 1.99. The van der Waals surface area contributed by atoms with Crippen LogP contribution in [0.15, 0.2) is 42.5 Å². The van der Waals surface area contributed by atoms with Crippen molar-refractivity contribution in [2.75, 3.05) is 31.8 Å². The first kappa shape index (κ1) is 14.1.